The van der Waals surface area contributed by atoms with Crippen LogP contribution in [0.5, 0.6) is 0 Å². The van der Waals surface area contributed by atoms with Crippen LogP contribution in [0, 0.1) is 5.92 Å². The third kappa shape index (κ3) is 4.07. The number of anilines is 2. The van der Waals surface area contributed by atoms with E-state index < -0.39 is 10.0 Å². The number of sulfonamides is 1. The summed E-state index contributed by atoms with van der Waals surface area (Å²) in [6.45, 7) is 5.95. The number of nitrogens with zero attached hydrogens (tertiary/aromatic N) is 1. The summed E-state index contributed by atoms with van der Waals surface area (Å²) in [5.41, 5.74) is 2.15. The highest BCUT2D eigenvalue weighted by Gasteiger charge is 2.30. The summed E-state index contributed by atoms with van der Waals surface area (Å²) in [5, 5.41) is 0. The molecule has 26 heavy (non-hydrogen) atoms. The second-order valence-corrected chi connectivity index (χ2v) is 8.17. The maximum atomic E-state index is 12.6. The molecule has 0 bridgehead atoms. The third-order valence-corrected chi connectivity index (χ3v) is 6.04. The summed E-state index contributed by atoms with van der Waals surface area (Å²) >= 11 is 0. The van der Waals surface area contributed by atoms with Crippen LogP contribution in [0.1, 0.15) is 37.0 Å². The number of Topliss-reactive ketones (excluding diaryl/α,β-unsaturated/α-hetero) is 1. The maximum absolute atomic E-state index is 12.6. The zero-order valence-corrected chi connectivity index (χ0v) is 15.9. The Hall–Kier alpha value is -2.34. The number of carbonyl (C=O) groups is 1. The van der Waals surface area contributed by atoms with Crippen molar-refractivity contribution in [1.29, 1.82) is 0 Å². The molecule has 5 nitrogen and oxygen atoms in total. The first-order valence-electron chi connectivity index (χ1n) is 8.96. The lowest BCUT2D eigenvalue weighted by Crippen LogP contribution is -2.21. The number of hydrogen-bond acceptors (Lipinski definition) is 4. The highest BCUT2D eigenvalue weighted by atomic mass is 32.2. The van der Waals surface area contributed by atoms with Crippen LogP contribution in [-0.2, 0) is 10.0 Å². The molecule has 0 unspecified atom stereocenters. The van der Waals surface area contributed by atoms with Crippen molar-refractivity contribution in [1.82, 2.24) is 0 Å². The Morgan fingerprint density at radius 1 is 1.00 bits per heavy atom. The molecule has 1 aliphatic rings. The molecule has 0 radical (unpaired) electrons. The molecule has 1 fully saturated rings. The largest absolute Gasteiger partial charge is 0.372 e. The summed E-state index contributed by atoms with van der Waals surface area (Å²) in [4.78, 5) is 14.4. The molecule has 2 aromatic carbocycles. The second-order valence-electron chi connectivity index (χ2n) is 6.49. The van der Waals surface area contributed by atoms with Gasteiger partial charge in [-0.25, -0.2) is 8.42 Å². The highest BCUT2D eigenvalue weighted by molar-refractivity contribution is 7.92. The van der Waals surface area contributed by atoms with E-state index in [0.717, 1.165) is 31.6 Å². The van der Waals surface area contributed by atoms with Crippen molar-refractivity contribution in [3.05, 3.63) is 54.1 Å². The van der Waals surface area contributed by atoms with Crippen molar-refractivity contribution in [3.8, 4) is 0 Å². The number of carbonyl (C=O) groups excluding carboxylic acids is 1. The fourth-order valence-corrected chi connectivity index (χ4v) is 3.98. The van der Waals surface area contributed by atoms with E-state index >= 15 is 0 Å². The van der Waals surface area contributed by atoms with Gasteiger partial charge in [0.1, 0.15) is 0 Å². The SMILES string of the molecule is CCN(CC)c1ccc(NS(=O)(=O)c2ccc(C(=O)C3CC3)cc2)cc1. The first-order valence-corrected chi connectivity index (χ1v) is 10.4. The van der Waals surface area contributed by atoms with E-state index in [2.05, 4.69) is 23.5 Å². The van der Waals surface area contributed by atoms with Crippen molar-refractivity contribution in [2.75, 3.05) is 22.7 Å². The van der Waals surface area contributed by atoms with Gasteiger partial charge >= 0.3 is 0 Å². The molecule has 3 rings (SSSR count). The van der Waals surface area contributed by atoms with Crippen molar-refractivity contribution < 1.29 is 13.2 Å². The van der Waals surface area contributed by atoms with Gasteiger partial charge in [0, 0.05) is 35.9 Å². The number of benzene rings is 2. The Morgan fingerprint density at radius 3 is 2.08 bits per heavy atom. The van der Waals surface area contributed by atoms with Gasteiger partial charge in [-0.2, -0.15) is 0 Å². The third-order valence-electron chi connectivity index (χ3n) is 4.65. The predicted octanol–water partition coefficient (Wildman–Crippen LogP) is 3.93. The summed E-state index contributed by atoms with van der Waals surface area (Å²) < 4.78 is 27.7. The molecule has 0 heterocycles. The van der Waals surface area contributed by atoms with Crippen molar-refractivity contribution in [2.45, 2.75) is 31.6 Å². The lowest BCUT2D eigenvalue weighted by molar-refractivity contribution is 0.0967. The summed E-state index contributed by atoms with van der Waals surface area (Å²) in [5.74, 6) is 0.230. The molecular formula is C20H24N2O3S. The van der Waals surface area contributed by atoms with Crippen molar-refractivity contribution in [3.63, 3.8) is 0 Å². The number of hydrogen-bond donors (Lipinski definition) is 1. The molecule has 0 aromatic heterocycles. The quantitative estimate of drug-likeness (QED) is 0.713. The summed E-state index contributed by atoms with van der Waals surface area (Å²) in [6.07, 6.45) is 1.87. The lowest BCUT2D eigenvalue weighted by Gasteiger charge is -2.21. The second kappa shape index (κ2) is 7.50. The minimum atomic E-state index is -3.68. The standard InChI is InChI=1S/C20H24N2O3S/c1-3-22(4-2)18-11-9-17(10-12-18)21-26(24,25)19-13-7-16(8-14-19)20(23)15-5-6-15/h7-15,21H,3-6H2,1-2H3. The molecule has 0 aliphatic heterocycles. The first-order chi connectivity index (χ1) is 12.4. The number of ketones is 1. The van der Waals surface area contributed by atoms with Crippen LogP contribution in [-0.4, -0.2) is 27.3 Å². The normalized spacial score (nSPS) is 14.1. The number of rotatable bonds is 8. The minimum absolute atomic E-state index is 0.105. The smallest absolute Gasteiger partial charge is 0.261 e. The Kier molecular flexibility index (Phi) is 5.32. The molecule has 0 spiro atoms. The van der Waals surface area contributed by atoms with Crippen LogP contribution in [0.2, 0.25) is 0 Å². The van der Waals surface area contributed by atoms with Crippen LogP contribution in [0.3, 0.4) is 0 Å². The van der Waals surface area contributed by atoms with Crippen molar-refractivity contribution in [2.24, 2.45) is 5.92 Å². The van der Waals surface area contributed by atoms with Crippen molar-refractivity contribution >= 4 is 27.2 Å². The Balaban J connectivity index is 1.73. The van der Waals surface area contributed by atoms with E-state index in [1.54, 1.807) is 24.3 Å². The van der Waals surface area contributed by atoms with Crippen LogP contribution in [0.4, 0.5) is 11.4 Å². The van der Waals surface area contributed by atoms with Crippen LogP contribution < -0.4 is 9.62 Å². The van der Waals surface area contributed by atoms with Gasteiger partial charge in [0.05, 0.1) is 4.90 Å². The zero-order valence-electron chi connectivity index (χ0n) is 15.1. The van der Waals surface area contributed by atoms with Crippen LogP contribution >= 0.6 is 0 Å². The zero-order chi connectivity index (χ0) is 18.7. The highest BCUT2D eigenvalue weighted by Crippen LogP contribution is 2.32. The Bertz CT molecular complexity index is 866. The van der Waals surface area contributed by atoms with E-state index in [0.29, 0.717) is 11.3 Å². The summed E-state index contributed by atoms with van der Waals surface area (Å²) in [7, 11) is -3.68. The molecule has 0 atom stereocenters. The number of nitrogens with one attached hydrogen (secondary N) is 1. The van der Waals surface area contributed by atoms with E-state index in [1.807, 2.05) is 12.1 Å². The maximum Gasteiger partial charge on any atom is 0.261 e. The Labute approximate surface area is 155 Å². The first kappa shape index (κ1) is 18.5. The minimum Gasteiger partial charge on any atom is -0.372 e. The lowest BCUT2D eigenvalue weighted by atomic mass is 10.1. The van der Waals surface area contributed by atoms with E-state index in [1.165, 1.54) is 12.1 Å². The van der Waals surface area contributed by atoms with Gasteiger partial charge in [0.2, 0.25) is 0 Å². The fraction of sp³-hybridized carbons (Fsp3) is 0.350. The summed E-state index contributed by atoms with van der Waals surface area (Å²) in [6, 6.07) is 13.5. The molecular weight excluding hydrogens is 348 g/mol. The van der Waals surface area contributed by atoms with Gasteiger partial charge in [-0.15, -0.1) is 0 Å². The molecule has 1 saturated carbocycles. The van der Waals surface area contributed by atoms with E-state index in [4.69, 9.17) is 0 Å². The molecule has 6 heteroatoms. The molecule has 1 aliphatic carbocycles. The Morgan fingerprint density at radius 2 is 1.58 bits per heavy atom. The average molecular weight is 372 g/mol. The van der Waals surface area contributed by atoms with Crippen LogP contribution in [0.25, 0.3) is 0 Å². The topological polar surface area (TPSA) is 66.5 Å². The monoisotopic (exact) mass is 372 g/mol. The van der Waals surface area contributed by atoms with Gasteiger partial charge in [0.15, 0.2) is 5.78 Å². The van der Waals surface area contributed by atoms with Gasteiger partial charge in [-0.05, 0) is 63.1 Å². The fourth-order valence-electron chi connectivity index (χ4n) is 2.92. The van der Waals surface area contributed by atoms with Gasteiger partial charge < -0.3 is 4.90 Å². The van der Waals surface area contributed by atoms with E-state index in [-0.39, 0.29) is 16.6 Å². The van der Waals surface area contributed by atoms with Gasteiger partial charge in [0.25, 0.3) is 10.0 Å². The molecule has 0 amide bonds. The molecule has 2 aromatic rings. The van der Waals surface area contributed by atoms with E-state index in [9.17, 15) is 13.2 Å². The molecule has 0 saturated heterocycles. The van der Waals surface area contributed by atoms with Gasteiger partial charge in [-0.3, -0.25) is 9.52 Å². The average Bonchev–Trinajstić information content (AvgIpc) is 3.48. The predicted molar refractivity (Wildman–Crippen MR) is 104 cm³/mol. The van der Waals surface area contributed by atoms with Crippen LogP contribution in [0.15, 0.2) is 53.4 Å². The molecule has 1 N–H and O–H groups in total. The molecule has 138 valence electrons. The van der Waals surface area contributed by atoms with Gasteiger partial charge in [-0.1, -0.05) is 12.1 Å².